The lowest BCUT2D eigenvalue weighted by molar-refractivity contribution is 1.18. The maximum absolute atomic E-state index is 2.45. The van der Waals surface area contributed by atoms with Crippen LogP contribution < -0.4 is 0 Å². The van der Waals surface area contributed by atoms with Gasteiger partial charge in [0, 0.05) is 58.5 Å². The van der Waals surface area contributed by atoms with E-state index in [-0.39, 0.29) is 0 Å². The van der Waals surface area contributed by atoms with Gasteiger partial charge in [0.25, 0.3) is 0 Å². The van der Waals surface area contributed by atoms with Gasteiger partial charge in [0.05, 0.1) is 22.1 Å². The van der Waals surface area contributed by atoms with Crippen LogP contribution in [0.5, 0.6) is 0 Å². The molecule has 0 aliphatic carbocycles. The number of para-hydroxylation sites is 3. The summed E-state index contributed by atoms with van der Waals surface area (Å²) in [6.07, 6.45) is 0. The second kappa shape index (κ2) is 8.57. The zero-order valence-electron chi connectivity index (χ0n) is 23.2. The summed E-state index contributed by atoms with van der Waals surface area (Å²) in [5.74, 6) is 0. The third-order valence-corrected chi connectivity index (χ3v) is 10.2. The van der Waals surface area contributed by atoms with E-state index in [1.54, 1.807) is 0 Å². The molecule has 10 rings (SSSR count). The van der Waals surface area contributed by atoms with Gasteiger partial charge < -0.3 is 9.13 Å². The van der Waals surface area contributed by atoms with Crippen molar-refractivity contribution in [2.45, 2.75) is 0 Å². The molecular weight excluding hydrogens is 541 g/mol. The number of hydrogen-bond acceptors (Lipinski definition) is 1. The second-order valence-electron chi connectivity index (χ2n) is 11.4. The molecule has 0 atom stereocenters. The Labute approximate surface area is 251 Å². The van der Waals surface area contributed by atoms with Crippen LogP contribution >= 0.6 is 11.3 Å². The molecule has 3 heterocycles. The standard InChI is InChI=1S/C40H24N2S/c1-2-10-26(11-3-1)42-36-16-8-4-12-28(36)32-20-18-25-22-37-34(24-33(25)40(32)42)29-13-5-7-15-35(29)41(37)27-19-21-31-30-14-6-9-17-38(30)43-39(31)23-27/h1-24H. The molecule has 0 unspecified atom stereocenters. The van der Waals surface area contributed by atoms with Crippen LogP contribution in [0.2, 0.25) is 0 Å². The van der Waals surface area contributed by atoms with Gasteiger partial charge in [0.15, 0.2) is 0 Å². The molecule has 0 N–H and O–H groups in total. The zero-order valence-corrected chi connectivity index (χ0v) is 24.0. The normalized spacial score (nSPS) is 12.2. The van der Waals surface area contributed by atoms with E-state index >= 15 is 0 Å². The highest BCUT2D eigenvalue weighted by atomic mass is 32.1. The molecule has 0 amide bonds. The maximum Gasteiger partial charge on any atom is 0.0619 e. The molecule has 0 bridgehead atoms. The van der Waals surface area contributed by atoms with Crippen molar-refractivity contribution in [3.05, 3.63) is 146 Å². The fraction of sp³-hybridized carbons (Fsp3) is 0. The summed E-state index contributed by atoms with van der Waals surface area (Å²) in [6.45, 7) is 0. The first-order valence-electron chi connectivity index (χ1n) is 14.7. The van der Waals surface area contributed by atoms with Crippen molar-refractivity contribution < 1.29 is 0 Å². The van der Waals surface area contributed by atoms with Crippen LogP contribution in [0.25, 0.3) is 85.9 Å². The van der Waals surface area contributed by atoms with E-state index in [4.69, 9.17) is 0 Å². The Bertz CT molecular complexity index is 2720. The molecule has 0 radical (unpaired) electrons. The molecule has 0 saturated carbocycles. The Hall–Kier alpha value is -5.38. The highest BCUT2D eigenvalue weighted by Gasteiger charge is 2.18. The monoisotopic (exact) mass is 564 g/mol. The van der Waals surface area contributed by atoms with Crippen molar-refractivity contribution in [1.29, 1.82) is 0 Å². The maximum atomic E-state index is 2.45. The van der Waals surface area contributed by atoms with Gasteiger partial charge in [-0.15, -0.1) is 11.3 Å². The van der Waals surface area contributed by atoms with Crippen LogP contribution in [0.15, 0.2) is 146 Å². The minimum atomic E-state index is 1.18. The first kappa shape index (κ1) is 23.2. The van der Waals surface area contributed by atoms with E-state index in [2.05, 4.69) is 155 Å². The first-order chi connectivity index (χ1) is 21.3. The van der Waals surface area contributed by atoms with E-state index in [9.17, 15) is 0 Å². The molecule has 10 aromatic rings. The molecule has 0 aliphatic rings. The van der Waals surface area contributed by atoms with E-state index in [1.165, 1.54) is 85.9 Å². The number of nitrogens with zero attached hydrogens (tertiary/aromatic N) is 2. The summed E-state index contributed by atoms with van der Waals surface area (Å²) in [5.41, 5.74) is 7.33. The predicted octanol–water partition coefficient (Wildman–Crippen LogP) is 11.4. The number of benzene rings is 7. The van der Waals surface area contributed by atoms with Gasteiger partial charge in [-0.1, -0.05) is 91.0 Å². The van der Waals surface area contributed by atoms with Crippen LogP contribution in [-0.4, -0.2) is 9.13 Å². The van der Waals surface area contributed by atoms with Gasteiger partial charge in [-0.2, -0.15) is 0 Å². The largest absolute Gasteiger partial charge is 0.309 e. The van der Waals surface area contributed by atoms with Gasteiger partial charge in [-0.05, 0) is 60.0 Å². The molecule has 0 fully saturated rings. The average Bonchev–Trinajstić information content (AvgIpc) is 3.71. The molecule has 3 heteroatoms. The molecule has 0 saturated heterocycles. The van der Waals surface area contributed by atoms with Gasteiger partial charge in [-0.25, -0.2) is 0 Å². The smallest absolute Gasteiger partial charge is 0.0619 e. The van der Waals surface area contributed by atoms with Crippen molar-refractivity contribution in [1.82, 2.24) is 9.13 Å². The van der Waals surface area contributed by atoms with Crippen molar-refractivity contribution in [3.8, 4) is 11.4 Å². The highest BCUT2D eigenvalue weighted by molar-refractivity contribution is 7.25. The van der Waals surface area contributed by atoms with Crippen LogP contribution in [-0.2, 0) is 0 Å². The summed E-state index contributed by atoms with van der Waals surface area (Å²) >= 11 is 1.87. The van der Waals surface area contributed by atoms with E-state index in [0.29, 0.717) is 0 Å². The summed E-state index contributed by atoms with van der Waals surface area (Å²) in [6, 6.07) is 53.5. The second-order valence-corrected chi connectivity index (χ2v) is 12.5. The summed E-state index contributed by atoms with van der Waals surface area (Å²) in [5, 5.41) is 10.3. The minimum absolute atomic E-state index is 1.18. The Balaban J connectivity index is 1.33. The number of fused-ring (bicyclic) bond motifs is 11. The van der Waals surface area contributed by atoms with E-state index < -0.39 is 0 Å². The fourth-order valence-electron chi connectivity index (χ4n) is 7.22. The highest BCUT2D eigenvalue weighted by Crippen LogP contribution is 2.42. The lowest BCUT2D eigenvalue weighted by Gasteiger charge is -2.11. The SMILES string of the molecule is c1ccc(-n2c3ccccc3c3ccc4cc5c(cc4c32)c2ccccc2n5-c2ccc3c(c2)sc2ccccc23)cc1. The third kappa shape index (κ3) is 3.17. The molecule has 3 aromatic heterocycles. The Kier molecular flexibility index (Phi) is 4.63. The molecule has 200 valence electrons. The summed E-state index contributed by atoms with van der Waals surface area (Å²) in [7, 11) is 0. The van der Waals surface area contributed by atoms with Crippen molar-refractivity contribution in [2.24, 2.45) is 0 Å². The Morgan fingerprint density at radius 3 is 1.84 bits per heavy atom. The molecule has 0 aliphatic heterocycles. The van der Waals surface area contributed by atoms with E-state index in [0.717, 1.165) is 0 Å². The Morgan fingerprint density at radius 2 is 1.00 bits per heavy atom. The summed E-state index contributed by atoms with van der Waals surface area (Å²) < 4.78 is 7.54. The lowest BCUT2D eigenvalue weighted by atomic mass is 10.0. The van der Waals surface area contributed by atoms with Crippen LogP contribution in [0, 0.1) is 0 Å². The molecule has 43 heavy (non-hydrogen) atoms. The number of hydrogen-bond donors (Lipinski definition) is 0. The van der Waals surface area contributed by atoms with Gasteiger partial charge in [0.2, 0.25) is 0 Å². The Morgan fingerprint density at radius 1 is 0.349 bits per heavy atom. The topological polar surface area (TPSA) is 9.86 Å². The quantitative estimate of drug-likeness (QED) is 0.198. The molecule has 7 aromatic carbocycles. The van der Waals surface area contributed by atoms with E-state index in [1.807, 2.05) is 11.3 Å². The minimum Gasteiger partial charge on any atom is -0.309 e. The average molecular weight is 565 g/mol. The van der Waals surface area contributed by atoms with Crippen LogP contribution in [0.1, 0.15) is 0 Å². The fourth-order valence-corrected chi connectivity index (χ4v) is 8.36. The van der Waals surface area contributed by atoms with Gasteiger partial charge in [-0.3, -0.25) is 0 Å². The number of thiophene rings is 1. The summed E-state index contributed by atoms with van der Waals surface area (Å²) in [4.78, 5) is 0. The van der Waals surface area contributed by atoms with Crippen LogP contribution in [0.3, 0.4) is 0 Å². The molecule has 2 nitrogen and oxygen atoms in total. The zero-order chi connectivity index (χ0) is 28.1. The number of rotatable bonds is 2. The third-order valence-electron chi connectivity index (χ3n) is 9.08. The molecule has 0 spiro atoms. The van der Waals surface area contributed by atoms with Crippen molar-refractivity contribution in [3.63, 3.8) is 0 Å². The predicted molar refractivity (Wildman–Crippen MR) is 186 cm³/mol. The van der Waals surface area contributed by atoms with Crippen molar-refractivity contribution in [2.75, 3.05) is 0 Å². The van der Waals surface area contributed by atoms with Gasteiger partial charge >= 0.3 is 0 Å². The first-order valence-corrected chi connectivity index (χ1v) is 15.5. The van der Waals surface area contributed by atoms with Crippen molar-refractivity contribution >= 4 is 85.9 Å². The van der Waals surface area contributed by atoms with Crippen LogP contribution in [0.4, 0.5) is 0 Å². The number of aromatic nitrogens is 2. The van der Waals surface area contributed by atoms with Gasteiger partial charge in [0.1, 0.15) is 0 Å². The molecular formula is C40H24N2S. The lowest BCUT2D eigenvalue weighted by Crippen LogP contribution is -1.95.